The molecule has 0 radical (unpaired) electrons. The van der Waals surface area contributed by atoms with E-state index in [1.54, 1.807) is 25.1 Å². The minimum absolute atomic E-state index is 0.142. The van der Waals surface area contributed by atoms with Crippen LogP contribution in [0.25, 0.3) is 11.4 Å². The highest BCUT2D eigenvalue weighted by molar-refractivity contribution is 8.00. The van der Waals surface area contributed by atoms with Gasteiger partial charge in [-0.1, -0.05) is 43.0 Å². The Morgan fingerprint density at radius 1 is 1.23 bits per heavy atom. The minimum atomic E-state index is -0.398. The second-order valence-electron chi connectivity index (χ2n) is 5.75. The predicted molar refractivity (Wildman–Crippen MR) is 102 cm³/mol. The van der Waals surface area contributed by atoms with Crippen molar-refractivity contribution < 1.29 is 9.18 Å². The van der Waals surface area contributed by atoms with Gasteiger partial charge in [0.25, 0.3) is 0 Å². The van der Waals surface area contributed by atoms with Crippen LogP contribution >= 0.6 is 11.8 Å². The fraction of sp³-hybridized carbons (Fsp3) is 0.211. The zero-order valence-corrected chi connectivity index (χ0v) is 15.3. The first-order valence-corrected chi connectivity index (χ1v) is 9.18. The number of aryl methyl sites for hydroxylation is 1. The largest absolute Gasteiger partial charge is 0.325 e. The molecule has 0 bridgehead atoms. The Bertz CT molecular complexity index is 895. The predicted octanol–water partition coefficient (Wildman–Crippen LogP) is 4.29. The van der Waals surface area contributed by atoms with Crippen LogP contribution in [0.3, 0.4) is 0 Å². The number of halogens is 1. The third kappa shape index (κ3) is 4.29. The number of hydrogen-bond donors (Lipinski definition) is 2. The summed E-state index contributed by atoms with van der Waals surface area (Å²) < 4.78 is 13.8. The Morgan fingerprint density at radius 2 is 1.96 bits per heavy atom. The molecule has 1 unspecified atom stereocenters. The molecule has 0 saturated carbocycles. The van der Waals surface area contributed by atoms with E-state index >= 15 is 0 Å². The average molecular weight is 370 g/mol. The molecular weight excluding hydrogens is 351 g/mol. The maximum absolute atomic E-state index is 13.8. The topological polar surface area (TPSA) is 70.7 Å². The molecule has 0 aliphatic heterocycles. The molecule has 1 aromatic heterocycles. The molecule has 2 N–H and O–H groups in total. The highest BCUT2D eigenvalue weighted by Gasteiger charge is 2.18. The Hall–Kier alpha value is -2.67. The first-order chi connectivity index (χ1) is 12.6. The Morgan fingerprint density at radius 3 is 2.65 bits per heavy atom. The summed E-state index contributed by atoms with van der Waals surface area (Å²) in [6.45, 7) is 3.86. The molecule has 0 aliphatic rings. The van der Waals surface area contributed by atoms with Gasteiger partial charge in [-0.2, -0.15) is 0 Å². The number of aromatic amines is 1. The van der Waals surface area contributed by atoms with Gasteiger partial charge in [-0.3, -0.25) is 9.89 Å². The molecule has 5 nitrogen and oxygen atoms in total. The molecule has 1 heterocycles. The van der Waals surface area contributed by atoms with E-state index in [-0.39, 0.29) is 11.7 Å². The fourth-order valence-electron chi connectivity index (χ4n) is 2.35. The molecule has 1 amide bonds. The molecule has 0 fully saturated rings. The summed E-state index contributed by atoms with van der Waals surface area (Å²) in [5.41, 5.74) is 2.31. The van der Waals surface area contributed by atoms with E-state index in [1.165, 1.54) is 23.4 Å². The van der Waals surface area contributed by atoms with Crippen molar-refractivity contribution in [3.63, 3.8) is 0 Å². The van der Waals surface area contributed by atoms with Gasteiger partial charge in [0, 0.05) is 5.69 Å². The summed E-state index contributed by atoms with van der Waals surface area (Å²) in [6, 6.07) is 14.1. The van der Waals surface area contributed by atoms with E-state index < -0.39 is 5.25 Å². The Labute approximate surface area is 155 Å². The quantitative estimate of drug-likeness (QED) is 0.635. The van der Waals surface area contributed by atoms with Crippen molar-refractivity contribution in [2.75, 3.05) is 5.32 Å². The average Bonchev–Trinajstić information content (AvgIpc) is 3.11. The van der Waals surface area contributed by atoms with Crippen LogP contribution in [0.2, 0.25) is 0 Å². The van der Waals surface area contributed by atoms with E-state index in [0.717, 1.165) is 12.1 Å². The van der Waals surface area contributed by atoms with Gasteiger partial charge in [-0.25, -0.2) is 9.37 Å². The molecule has 3 aromatic rings. The summed E-state index contributed by atoms with van der Waals surface area (Å²) in [5.74, 6) is -0.175. The number of thioether (sulfide) groups is 1. The maximum Gasteiger partial charge on any atom is 0.237 e. The van der Waals surface area contributed by atoms with E-state index in [1.807, 2.05) is 24.3 Å². The molecular formula is C19H19FN4OS. The van der Waals surface area contributed by atoms with Gasteiger partial charge in [0.1, 0.15) is 5.82 Å². The second-order valence-corrected chi connectivity index (χ2v) is 7.05. The SMILES string of the molecule is CCc1ccc(NC(=O)C(C)Sc2n[nH]c(-c3ccccc3F)n2)cc1. The number of aromatic nitrogens is 3. The second kappa shape index (κ2) is 8.14. The van der Waals surface area contributed by atoms with Crippen molar-refractivity contribution in [3.8, 4) is 11.4 Å². The van der Waals surface area contributed by atoms with Crippen molar-refractivity contribution in [1.82, 2.24) is 15.2 Å². The van der Waals surface area contributed by atoms with Gasteiger partial charge in [0.15, 0.2) is 5.82 Å². The number of benzene rings is 2. The first kappa shape index (κ1) is 18.1. The molecule has 0 aliphatic carbocycles. The van der Waals surface area contributed by atoms with E-state index in [4.69, 9.17) is 0 Å². The molecule has 3 rings (SSSR count). The van der Waals surface area contributed by atoms with Crippen LogP contribution in [0.1, 0.15) is 19.4 Å². The molecule has 0 saturated heterocycles. The van der Waals surface area contributed by atoms with Crippen LogP contribution < -0.4 is 5.32 Å². The van der Waals surface area contributed by atoms with Crippen molar-refractivity contribution in [1.29, 1.82) is 0 Å². The normalized spacial score (nSPS) is 12.0. The molecule has 134 valence electrons. The zero-order chi connectivity index (χ0) is 18.5. The monoisotopic (exact) mass is 370 g/mol. The van der Waals surface area contributed by atoms with Gasteiger partial charge in [0.05, 0.1) is 10.8 Å². The van der Waals surface area contributed by atoms with Crippen molar-refractivity contribution in [2.24, 2.45) is 0 Å². The number of nitrogens with one attached hydrogen (secondary N) is 2. The molecule has 7 heteroatoms. The number of anilines is 1. The smallest absolute Gasteiger partial charge is 0.237 e. The minimum Gasteiger partial charge on any atom is -0.325 e. The fourth-order valence-corrected chi connectivity index (χ4v) is 3.08. The summed E-state index contributed by atoms with van der Waals surface area (Å²) >= 11 is 1.21. The third-order valence-electron chi connectivity index (χ3n) is 3.88. The van der Waals surface area contributed by atoms with Gasteiger partial charge in [-0.05, 0) is 43.2 Å². The highest BCUT2D eigenvalue weighted by atomic mass is 32.2. The van der Waals surface area contributed by atoms with Crippen LogP contribution in [0.5, 0.6) is 0 Å². The Kier molecular flexibility index (Phi) is 5.68. The van der Waals surface area contributed by atoms with E-state index in [2.05, 4.69) is 27.4 Å². The molecule has 26 heavy (non-hydrogen) atoms. The standard InChI is InChI=1S/C19H19FN4OS/c1-3-13-8-10-14(11-9-13)21-18(25)12(2)26-19-22-17(23-24-19)15-6-4-5-7-16(15)20/h4-12H,3H2,1-2H3,(H,21,25)(H,22,23,24). The van der Waals surface area contributed by atoms with Crippen LogP contribution in [0.15, 0.2) is 53.7 Å². The number of carbonyl (C=O) groups is 1. The highest BCUT2D eigenvalue weighted by Crippen LogP contribution is 2.25. The molecule has 0 spiro atoms. The van der Waals surface area contributed by atoms with Gasteiger partial charge in [0.2, 0.25) is 11.1 Å². The number of nitrogens with zero attached hydrogens (tertiary/aromatic N) is 2. The number of carbonyl (C=O) groups excluding carboxylic acids is 1. The van der Waals surface area contributed by atoms with Crippen LogP contribution in [0, 0.1) is 5.82 Å². The lowest BCUT2D eigenvalue weighted by Gasteiger charge is -2.10. The molecule has 2 aromatic carbocycles. The summed E-state index contributed by atoms with van der Waals surface area (Å²) in [6.07, 6.45) is 0.954. The van der Waals surface area contributed by atoms with Crippen molar-refractivity contribution in [2.45, 2.75) is 30.7 Å². The Balaban J connectivity index is 1.63. The van der Waals surface area contributed by atoms with E-state index in [9.17, 15) is 9.18 Å². The lowest BCUT2D eigenvalue weighted by atomic mass is 10.1. The number of amides is 1. The third-order valence-corrected chi connectivity index (χ3v) is 4.84. The first-order valence-electron chi connectivity index (χ1n) is 8.30. The number of rotatable bonds is 6. The lowest BCUT2D eigenvalue weighted by Crippen LogP contribution is -2.22. The maximum atomic E-state index is 13.8. The summed E-state index contributed by atoms with van der Waals surface area (Å²) in [4.78, 5) is 16.6. The van der Waals surface area contributed by atoms with Gasteiger partial charge < -0.3 is 5.32 Å². The van der Waals surface area contributed by atoms with Crippen LogP contribution in [-0.4, -0.2) is 26.3 Å². The van der Waals surface area contributed by atoms with E-state index in [0.29, 0.717) is 16.5 Å². The van der Waals surface area contributed by atoms with Gasteiger partial charge in [-0.15, -0.1) is 5.10 Å². The van der Waals surface area contributed by atoms with Gasteiger partial charge >= 0.3 is 0 Å². The number of hydrogen-bond acceptors (Lipinski definition) is 4. The van der Waals surface area contributed by atoms with Crippen molar-refractivity contribution >= 4 is 23.4 Å². The van der Waals surface area contributed by atoms with Crippen LogP contribution in [-0.2, 0) is 11.2 Å². The zero-order valence-electron chi connectivity index (χ0n) is 14.5. The lowest BCUT2D eigenvalue weighted by molar-refractivity contribution is -0.115. The van der Waals surface area contributed by atoms with Crippen LogP contribution in [0.4, 0.5) is 10.1 Å². The number of H-pyrrole nitrogens is 1. The summed E-state index contributed by atoms with van der Waals surface area (Å²) in [5, 5.41) is 9.65. The summed E-state index contributed by atoms with van der Waals surface area (Å²) in [7, 11) is 0. The van der Waals surface area contributed by atoms with Crippen molar-refractivity contribution in [3.05, 3.63) is 59.9 Å². The molecule has 1 atom stereocenters.